The average Bonchev–Trinajstić information content (AvgIpc) is 0.834. The number of para-hydroxylation sites is 1. The van der Waals surface area contributed by atoms with Gasteiger partial charge >= 0.3 is 0 Å². The Bertz CT molecular complexity index is 4940. The molecular weight excluding hydrogens is 1640 g/mol. The lowest BCUT2D eigenvalue weighted by atomic mass is 9.84. The van der Waals surface area contributed by atoms with Gasteiger partial charge in [-0.25, -0.2) is 0 Å². The molecule has 2 heterocycles. The Morgan fingerprint density at radius 3 is 1.50 bits per heavy atom. The van der Waals surface area contributed by atoms with E-state index in [-0.39, 0.29) is 81.1 Å². The minimum atomic E-state index is -1.56. The van der Waals surface area contributed by atoms with Crippen LogP contribution in [0.15, 0.2) is 170 Å². The number of rotatable bonds is 23. The van der Waals surface area contributed by atoms with Crippen LogP contribution in [0.2, 0.25) is 0 Å². The van der Waals surface area contributed by atoms with Crippen molar-refractivity contribution in [2.75, 3.05) is 66.4 Å². The van der Waals surface area contributed by atoms with E-state index in [1.807, 2.05) is 6.92 Å². The molecule has 1 saturated heterocycles. The number of H-pyrrole nitrogens is 1. The number of amides is 12. The zero-order valence-corrected chi connectivity index (χ0v) is 74.7. The number of nitrogens with zero attached hydrogens (tertiary/aromatic N) is 5. The molecule has 1 aromatic heterocycles. The zero-order chi connectivity index (χ0) is 92.7. The number of carbonyl (C=O) groups is 15. The molecule has 8 rings (SSSR count). The lowest BCUT2D eigenvalue weighted by Gasteiger charge is -2.37. The molecule has 7 aromatic rings. The van der Waals surface area contributed by atoms with E-state index in [0.29, 0.717) is 57.1 Å². The summed E-state index contributed by atoms with van der Waals surface area (Å²) in [5.74, 6) is -15.3. The van der Waals surface area contributed by atoms with E-state index in [0.717, 1.165) is 16.7 Å². The molecule has 0 bridgehead atoms. The Morgan fingerprint density at radius 1 is 0.472 bits per heavy atom. The van der Waals surface area contributed by atoms with Crippen molar-refractivity contribution in [1.29, 1.82) is 0 Å². The SMILES string of the molecule is CCCC[C@H]1C(=O)N(C)CC(=O)C[C@@H](CN)C(=O)C[C@@H](C(C)C)C(=O)N(C)[C@@H](Cc2ccccc2)C(=O)N[C@@H](Cc2ccc(O)cc2)C(=O)N(C)CC(=O)N[C@@H](Cc2c[nH]c3ccccc23)C(=O)N[C@@H](Cc2ccc(O)cc2)C(=O)N[C@@H](CC(C)C)C(=O)N[C@H](C(=O)CCC(N)=O)CSCC(=O)N[C@@H](Cc2ccccc2)C(=O)N(C)[C@@H](Cc2ccccc2)C(=O)N1C. The Balaban J connectivity index is 1.20. The van der Waals surface area contributed by atoms with Crippen molar-refractivity contribution in [2.45, 2.75) is 179 Å². The van der Waals surface area contributed by atoms with Gasteiger partial charge in [0, 0.05) is 141 Å². The summed E-state index contributed by atoms with van der Waals surface area (Å²) in [6.45, 7) is 7.27. The van der Waals surface area contributed by atoms with E-state index in [4.69, 9.17) is 11.5 Å². The van der Waals surface area contributed by atoms with Gasteiger partial charge < -0.3 is 83.1 Å². The molecule has 1 aliphatic rings. The first-order valence-corrected chi connectivity index (χ1v) is 44.1. The van der Waals surface area contributed by atoms with Crippen molar-refractivity contribution in [3.8, 4) is 11.5 Å². The fourth-order valence-corrected chi connectivity index (χ4v) is 16.4. The number of aromatic nitrogens is 1. The van der Waals surface area contributed by atoms with Crippen molar-refractivity contribution in [3.05, 3.63) is 203 Å². The highest BCUT2D eigenvalue weighted by Gasteiger charge is 2.42. The largest absolute Gasteiger partial charge is 0.508 e. The van der Waals surface area contributed by atoms with Gasteiger partial charge in [-0.05, 0) is 88.4 Å². The van der Waals surface area contributed by atoms with Crippen LogP contribution in [0.5, 0.6) is 11.5 Å². The highest BCUT2D eigenvalue weighted by atomic mass is 32.2. The minimum absolute atomic E-state index is 0.0558. The second-order valence-electron chi connectivity index (χ2n) is 33.6. The standard InChI is InChI=1S/C95H122N14O17S/c1-11-12-32-79-94(125)105(6)54-69(112)49-65(52-96)83(114)51-71(59(4)5)91(122)108(9)80(47-61-26-18-14-19-27-61)90(121)103-76(46-64-35-39-68(111)40-36-64)92(123)106(7)55-85(116)99-75(50-66-53-98-72-31-23-22-30-70(66)72)89(120)102-74(44-63-33-37-67(110)38-34-63)88(119)101-73(43-58(2)3)87(118)104-78(82(113)41-42-84(97)115)56-127-57-86(117)100-77(45-60-24-16-13-17-25-60)93(124)109(10)81(95(126)107(79)8)48-62-28-20-15-21-29-62/h13-31,33-40,53,58-59,65,71,73-81,98,110-111H,11-12,32,41-52,54-57,96H2,1-10H3,(H2,97,115)(H,99,116)(H,100,117)(H,101,119)(H,102,120)(H,103,121)(H,104,118)/t65-,71-,73-,74-,75-,76-,77-,78-,79-,80-,81-/m0/s1. The second-order valence-corrected chi connectivity index (χ2v) is 34.6. The van der Waals surface area contributed by atoms with Crippen LogP contribution >= 0.6 is 11.8 Å². The molecule has 6 aromatic carbocycles. The number of fused-ring (bicyclic) bond motifs is 1. The highest BCUT2D eigenvalue weighted by Crippen LogP contribution is 2.27. The van der Waals surface area contributed by atoms with E-state index >= 15 is 38.4 Å². The maximum absolute atomic E-state index is 15.5. The number of aromatic hydroxyl groups is 2. The first kappa shape index (κ1) is 99.8. The molecule has 1 fully saturated rings. The lowest BCUT2D eigenvalue weighted by Crippen LogP contribution is -2.59. The summed E-state index contributed by atoms with van der Waals surface area (Å²) >= 11 is 0.893. The summed E-state index contributed by atoms with van der Waals surface area (Å²) in [5.41, 5.74) is 15.8. The number of phenolic OH excluding ortho intramolecular Hbond substituents is 2. The van der Waals surface area contributed by atoms with E-state index < -0.39 is 205 Å². The number of primary amides is 1. The number of benzene rings is 6. The van der Waals surface area contributed by atoms with Gasteiger partial charge in [0.2, 0.25) is 70.9 Å². The number of aromatic amines is 1. The van der Waals surface area contributed by atoms with E-state index in [9.17, 15) is 43.8 Å². The number of hydrogen-bond donors (Lipinski definition) is 11. The molecule has 31 nitrogen and oxygen atoms in total. The number of thioether (sulfide) groups is 1. The number of phenols is 2. The number of hydrogen-bond acceptors (Lipinski definition) is 19. The summed E-state index contributed by atoms with van der Waals surface area (Å²) in [6, 6.07) is 32.3. The summed E-state index contributed by atoms with van der Waals surface area (Å²) < 4.78 is 0. The van der Waals surface area contributed by atoms with Crippen molar-refractivity contribution in [3.63, 3.8) is 0 Å². The topological polar surface area (TPSA) is 453 Å². The maximum Gasteiger partial charge on any atom is 0.246 e. The molecule has 13 N–H and O–H groups in total. The van der Waals surface area contributed by atoms with Crippen LogP contribution < -0.4 is 43.4 Å². The van der Waals surface area contributed by atoms with Gasteiger partial charge in [-0.2, -0.15) is 0 Å². The molecule has 0 aliphatic carbocycles. The van der Waals surface area contributed by atoms with Crippen LogP contribution in [0.25, 0.3) is 10.9 Å². The van der Waals surface area contributed by atoms with Gasteiger partial charge in [-0.3, -0.25) is 71.9 Å². The van der Waals surface area contributed by atoms with Gasteiger partial charge in [0.05, 0.1) is 24.9 Å². The third kappa shape index (κ3) is 30.1. The number of nitrogens with one attached hydrogen (secondary N) is 7. The summed E-state index contributed by atoms with van der Waals surface area (Å²) in [4.78, 5) is 232. The van der Waals surface area contributed by atoms with Gasteiger partial charge in [-0.15, -0.1) is 11.8 Å². The molecule has 0 spiro atoms. The van der Waals surface area contributed by atoms with Gasteiger partial charge in [-0.1, -0.05) is 181 Å². The van der Waals surface area contributed by atoms with E-state index in [2.05, 4.69) is 36.9 Å². The number of nitrogens with two attached hydrogens (primary N) is 2. The van der Waals surface area contributed by atoms with Crippen LogP contribution in [0.4, 0.5) is 0 Å². The summed E-state index contributed by atoms with van der Waals surface area (Å²) in [7, 11) is 6.95. The molecule has 127 heavy (non-hydrogen) atoms. The van der Waals surface area contributed by atoms with E-state index in [1.54, 1.807) is 149 Å². The number of ketones is 3. The highest BCUT2D eigenvalue weighted by molar-refractivity contribution is 8.00. The van der Waals surface area contributed by atoms with Crippen LogP contribution in [0.3, 0.4) is 0 Å². The predicted molar refractivity (Wildman–Crippen MR) is 482 cm³/mol. The van der Waals surface area contributed by atoms with Crippen molar-refractivity contribution in [2.24, 2.45) is 35.1 Å². The number of unbranched alkanes of at least 4 members (excludes halogenated alkanes) is 1. The predicted octanol–water partition coefficient (Wildman–Crippen LogP) is 5.22. The fraction of sp³-hybridized carbons (Fsp3) is 0.442. The lowest BCUT2D eigenvalue weighted by molar-refractivity contribution is -0.151. The smallest absolute Gasteiger partial charge is 0.246 e. The summed E-state index contributed by atoms with van der Waals surface area (Å²) in [6.07, 6.45) is -0.00454. The molecule has 0 radical (unpaired) electrons. The second kappa shape index (κ2) is 48.8. The maximum atomic E-state index is 15.5. The summed E-state index contributed by atoms with van der Waals surface area (Å²) in [5, 5.41) is 38.3. The monoisotopic (exact) mass is 1760 g/mol. The third-order valence-electron chi connectivity index (χ3n) is 22.8. The first-order chi connectivity index (χ1) is 60.5. The zero-order valence-electron chi connectivity index (χ0n) is 73.9. The Labute approximate surface area is 745 Å². The minimum Gasteiger partial charge on any atom is -0.508 e. The van der Waals surface area contributed by atoms with Crippen molar-refractivity contribution in [1.82, 2.24) is 61.4 Å². The number of Topliss-reactive ketones (excluding diaryl/α,β-unsaturated/α-hetero) is 3. The Kier molecular flexibility index (Phi) is 38.3. The molecule has 680 valence electrons. The van der Waals surface area contributed by atoms with Gasteiger partial charge in [0.1, 0.15) is 65.6 Å². The third-order valence-corrected chi connectivity index (χ3v) is 23.9. The average molecular weight is 1760 g/mol. The van der Waals surface area contributed by atoms with Crippen molar-refractivity contribution < 1.29 is 82.1 Å². The van der Waals surface area contributed by atoms with Crippen LogP contribution in [-0.4, -0.2) is 249 Å². The van der Waals surface area contributed by atoms with Crippen LogP contribution in [0.1, 0.15) is 119 Å². The Hall–Kier alpha value is -12.6. The Morgan fingerprint density at radius 2 is 0.945 bits per heavy atom. The van der Waals surface area contributed by atoms with Crippen LogP contribution in [0, 0.1) is 23.7 Å². The molecule has 12 amide bonds. The molecule has 0 saturated carbocycles. The molecule has 0 unspecified atom stereocenters. The van der Waals surface area contributed by atoms with E-state index in [1.165, 1.54) is 103 Å². The van der Waals surface area contributed by atoms with Crippen molar-refractivity contribution >= 4 is 111 Å². The fourth-order valence-electron chi connectivity index (χ4n) is 15.5. The molecule has 1 aliphatic heterocycles. The molecular formula is C95H122N14O17S. The number of carbonyl (C=O) groups excluding carboxylic acids is 15. The quantitative estimate of drug-likeness (QED) is 0.0391. The number of likely N-dealkylation sites (N-methyl/N-ethyl adjacent to an activating group) is 5. The van der Waals surface area contributed by atoms with Gasteiger partial charge in [0.15, 0.2) is 11.6 Å². The normalized spacial score (nSPS) is 22.3. The molecule has 11 atom stereocenters. The molecule has 32 heteroatoms. The van der Waals surface area contributed by atoms with Crippen LogP contribution in [-0.2, 0) is 110 Å². The first-order valence-electron chi connectivity index (χ1n) is 43.0. The van der Waals surface area contributed by atoms with Gasteiger partial charge in [0.25, 0.3) is 0 Å².